The van der Waals surface area contributed by atoms with E-state index in [9.17, 15) is 43.5 Å². The average molecular weight is 503 g/mol. The van der Waals surface area contributed by atoms with Crippen molar-refractivity contribution in [2.45, 2.75) is 24.5 Å². The molecule has 0 aliphatic carbocycles. The van der Waals surface area contributed by atoms with Gasteiger partial charge in [-0.1, -0.05) is 0 Å². The van der Waals surface area contributed by atoms with E-state index in [2.05, 4.69) is 28.1 Å². The Labute approximate surface area is 171 Å². The summed E-state index contributed by atoms with van der Waals surface area (Å²) >= 11 is 0. The zero-order valence-electron chi connectivity index (χ0n) is 14.8. The molecule has 31 heavy (non-hydrogen) atoms. The fraction of sp³-hybridized carbons (Fsp3) is 0.500. The standard InChI is InChI=1S/C10H16N5O13P3/c11-8-5-9(13-2-12-8)15(3-14-5)10-7(17)6(16)4(26-10)1-25-30(21,22)28-31(23,24)27-29(18,19)20/h2-4,6-7,10,16-17H,1H2,(H,21,22)(H,23,24)(H2,11,12,13)(H2,18,19,20)/p-4/t4-,6?,7?,10-/m0/s1. The molecule has 1 aliphatic heterocycles. The molecule has 3 rings (SSSR count). The number of phosphoric ester groups is 1. The van der Waals surface area contributed by atoms with Crippen molar-refractivity contribution in [3.63, 3.8) is 0 Å². The summed E-state index contributed by atoms with van der Waals surface area (Å²) in [5.74, 6) is 0.0195. The number of nitrogens with two attached hydrogens (primary N) is 1. The number of fused-ring (bicyclic) bond motifs is 1. The summed E-state index contributed by atoms with van der Waals surface area (Å²) in [5.41, 5.74) is 5.92. The number of rotatable bonds is 8. The number of hydrogen-bond acceptors (Lipinski definition) is 17. The SMILES string of the molecule is Nc1ncnc2c1ncn2[C@H]1O[C@@H](COP(=O)([O-])OP(=O)([O-])OP(=O)([O-])[O-])C(O)C1O. The first-order chi connectivity index (χ1) is 14.2. The van der Waals surface area contributed by atoms with Gasteiger partial charge in [-0.05, 0) is 0 Å². The molecular formula is C10H12N5O13P3-4. The maximum Gasteiger partial charge on any atom is 0.278 e. The first-order valence-electron chi connectivity index (χ1n) is 7.85. The molecule has 2 aromatic rings. The normalized spacial score (nSPS) is 28.5. The van der Waals surface area contributed by atoms with Gasteiger partial charge >= 0.3 is 0 Å². The van der Waals surface area contributed by atoms with E-state index in [1.807, 2.05) is 0 Å². The Kier molecular flexibility index (Phi) is 6.68. The van der Waals surface area contributed by atoms with Gasteiger partial charge in [-0.3, -0.25) is 18.0 Å². The predicted octanol–water partition coefficient (Wildman–Crippen LogP) is -4.16. The number of nitrogen functional groups attached to an aromatic ring is 1. The summed E-state index contributed by atoms with van der Waals surface area (Å²) in [5, 5.41) is 20.3. The van der Waals surface area contributed by atoms with Gasteiger partial charge in [0.2, 0.25) is 0 Å². The first-order valence-corrected chi connectivity index (χ1v) is 12.2. The molecular weight excluding hydrogens is 491 g/mol. The lowest BCUT2D eigenvalue weighted by molar-refractivity contribution is -0.339. The zero-order chi connectivity index (χ0) is 23.2. The summed E-state index contributed by atoms with van der Waals surface area (Å²) < 4.78 is 50.2. The van der Waals surface area contributed by atoms with Crippen LogP contribution < -0.4 is 25.3 Å². The van der Waals surface area contributed by atoms with Gasteiger partial charge in [0.1, 0.15) is 30.2 Å². The number of phosphoric acid groups is 3. The Bertz CT molecular complexity index is 1100. The van der Waals surface area contributed by atoms with Gasteiger partial charge in [0.25, 0.3) is 15.6 Å². The Hall–Kier alpha value is -1.36. The van der Waals surface area contributed by atoms with Gasteiger partial charge in [0.05, 0.1) is 20.8 Å². The summed E-state index contributed by atoms with van der Waals surface area (Å²) in [6.07, 6.45) is -3.99. The molecule has 2 aromatic heterocycles. The Morgan fingerprint density at radius 1 is 1.06 bits per heavy atom. The van der Waals surface area contributed by atoms with Gasteiger partial charge in [-0.15, -0.1) is 0 Å². The van der Waals surface area contributed by atoms with Crippen molar-refractivity contribution in [1.29, 1.82) is 0 Å². The van der Waals surface area contributed by atoms with Crippen LogP contribution in [0, 0.1) is 0 Å². The van der Waals surface area contributed by atoms with Gasteiger partial charge < -0.3 is 49.3 Å². The topological polar surface area (TPSA) is 290 Å². The van der Waals surface area contributed by atoms with Crippen LogP contribution in [0.15, 0.2) is 12.7 Å². The van der Waals surface area contributed by atoms with Crippen LogP contribution in [-0.4, -0.2) is 54.7 Å². The van der Waals surface area contributed by atoms with Crippen molar-refractivity contribution in [2.24, 2.45) is 0 Å². The van der Waals surface area contributed by atoms with Crippen LogP contribution in [0.25, 0.3) is 11.2 Å². The minimum atomic E-state index is -6.14. The Balaban J connectivity index is 1.69. The minimum absolute atomic E-state index is 0.0195. The van der Waals surface area contributed by atoms with Crippen molar-refractivity contribution in [3.8, 4) is 0 Å². The van der Waals surface area contributed by atoms with Crippen molar-refractivity contribution < 1.29 is 61.4 Å². The van der Waals surface area contributed by atoms with Crippen molar-refractivity contribution in [2.75, 3.05) is 12.3 Å². The lowest BCUT2D eigenvalue weighted by atomic mass is 10.1. The fourth-order valence-corrected chi connectivity index (χ4v) is 5.47. The average Bonchev–Trinajstić information content (AvgIpc) is 3.13. The van der Waals surface area contributed by atoms with Crippen LogP contribution in [0.3, 0.4) is 0 Å². The van der Waals surface area contributed by atoms with Gasteiger partial charge in [0, 0.05) is 0 Å². The molecule has 0 bridgehead atoms. The highest BCUT2D eigenvalue weighted by molar-refractivity contribution is 7.64. The summed E-state index contributed by atoms with van der Waals surface area (Å²) in [6.45, 7) is -1.08. The zero-order valence-corrected chi connectivity index (χ0v) is 17.4. The second-order valence-electron chi connectivity index (χ2n) is 5.93. The summed E-state index contributed by atoms with van der Waals surface area (Å²) in [7, 11) is -18.1. The lowest BCUT2D eigenvalue weighted by Gasteiger charge is -2.37. The molecule has 6 atom stereocenters. The van der Waals surface area contributed by atoms with E-state index in [1.165, 1.54) is 4.57 Å². The third kappa shape index (κ3) is 5.71. The number of nitrogens with zero attached hydrogens (tertiary/aromatic N) is 4. The van der Waals surface area contributed by atoms with Crippen LogP contribution in [0.1, 0.15) is 6.23 Å². The highest BCUT2D eigenvalue weighted by Crippen LogP contribution is 2.60. The number of anilines is 1. The molecule has 21 heteroatoms. The second kappa shape index (κ2) is 8.53. The van der Waals surface area contributed by atoms with Crippen LogP contribution in [0.5, 0.6) is 0 Å². The molecule has 0 radical (unpaired) electrons. The first kappa shape index (κ1) is 24.3. The predicted molar refractivity (Wildman–Crippen MR) is 86.6 cm³/mol. The highest BCUT2D eigenvalue weighted by atomic mass is 31.3. The molecule has 3 heterocycles. The van der Waals surface area contributed by atoms with Gasteiger partial charge in [-0.2, -0.15) is 0 Å². The van der Waals surface area contributed by atoms with Crippen LogP contribution >= 0.6 is 23.5 Å². The number of aliphatic hydroxyl groups is 2. The molecule has 1 fully saturated rings. The van der Waals surface area contributed by atoms with Crippen molar-refractivity contribution in [1.82, 2.24) is 19.5 Å². The van der Waals surface area contributed by atoms with E-state index in [0.29, 0.717) is 0 Å². The van der Waals surface area contributed by atoms with E-state index >= 15 is 0 Å². The van der Waals surface area contributed by atoms with Crippen molar-refractivity contribution >= 4 is 40.4 Å². The monoisotopic (exact) mass is 503 g/mol. The molecule has 4 unspecified atom stereocenters. The third-order valence-corrected chi connectivity index (χ3v) is 7.46. The summed E-state index contributed by atoms with van der Waals surface area (Å²) in [6, 6.07) is 0. The molecule has 174 valence electrons. The smallest absolute Gasteiger partial charge is 0.278 e. The molecule has 0 saturated carbocycles. The maximum atomic E-state index is 11.6. The van der Waals surface area contributed by atoms with E-state index in [1.54, 1.807) is 0 Å². The molecule has 4 N–H and O–H groups in total. The van der Waals surface area contributed by atoms with Crippen molar-refractivity contribution in [3.05, 3.63) is 12.7 Å². The van der Waals surface area contributed by atoms with E-state index < -0.39 is 54.6 Å². The minimum Gasteiger partial charge on any atom is -0.790 e. The number of imidazole rings is 1. The molecule has 1 saturated heterocycles. The third-order valence-electron chi connectivity index (χ3n) is 3.80. The number of hydrogen-bond donors (Lipinski definition) is 3. The number of aromatic nitrogens is 4. The molecule has 0 amide bonds. The largest absolute Gasteiger partial charge is 0.790 e. The second-order valence-corrected chi connectivity index (χ2v) is 10.2. The van der Waals surface area contributed by atoms with Gasteiger partial charge in [0.15, 0.2) is 17.7 Å². The van der Waals surface area contributed by atoms with Crippen LogP contribution in [0.2, 0.25) is 0 Å². The van der Waals surface area contributed by atoms with E-state index in [4.69, 9.17) is 10.5 Å². The quantitative estimate of drug-likeness (QED) is 0.288. The van der Waals surface area contributed by atoms with E-state index in [-0.39, 0.29) is 17.0 Å². The molecule has 1 aliphatic rings. The Morgan fingerprint density at radius 3 is 2.39 bits per heavy atom. The molecule has 0 spiro atoms. The van der Waals surface area contributed by atoms with Crippen LogP contribution in [-0.2, 0) is 31.6 Å². The number of aliphatic hydroxyl groups excluding tert-OH is 2. The highest BCUT2D eigenvalue weighted by Gasteiger charge is 2.45. The number of ether oxygens (including phenoxy) is 1. The fourth-order valence-electron chi connectivity index (χ4n) is 2.60. The molecule has 18 nitrogen and oxygen atoms in total. The van der Waals surface area contributed by atoms with Gasteiger partial charge in [-0.25, -0.2) is 19.3 Å². The molecule has 0 aromatic carbocycles. The maximum absolute atomic E-state index is 11.6. The van der Waals surface area contributed by atoms with Crippen LogP contribution in [0.4, 0.5) is 5.82 Å². The Morgan fingerprint density at radius 2 is 1.74 bits per heavy atom. The lowest BCUT2D eigenvalue weighted by Crippen LogP contribution is -2.34. The summed E-state index contributed by atoms with van der Waals surface area (Å²) in [4.78, 5) is 54.9. The van der Waals surface area contributed by atoms with E-state index in [0.717, 1.165) is 12.7 Å².